The number of nitrogens with zero attached hydrogens (tertiary/aromatic N) is 2. The zero-order valence-corrected chi connectivity index (χ0v) is 11.8. The molecule has 1 heterocycles. The highest BCUT2D eigenvalue weighted by Crippen LogP contribution is 2.25. The van der Waals surface area contributed by atoms with Gasteiger partial charge < -0.3 is 5.32 Å². The van der Waals surface area contributed by atoms with Crippen LogP contribution in [-0.2, 0) is 13.5 Å². The summed E-state index contributed by atoms with van der Waals surface area (Å²) >= 11 is 3.61. The second-order valence-electron chi connectivity index (χ2n) is 4.54. The number of amides is 1. The van der Waals surface area contributed by atoms with Crippen LogP contribution in [0.3, 0.4) is 0 Å². The van der Waals surface area contributed by atoms with Crippen molar-refractivity contribution in [3.8, 4) is 0 Å². The number of carbonyl (C=O) groups excluding carboxylic acids is 1. The van der Waals surface area contributed by atoms with E-state index in [9.17, 15) is 4.79 Å². The lowest BCUT2D eigenvalue weighted by Gasteiger charge is -2.15. The van der Waals surface area contributed by atoms with E-state index in [4.69, 9.17) is 0 Å². The highest BCUT2D eigenvalue weighted by atomic mass is 79.9. The molecule has 1 saturated carbocycles. The van der Waals surface area contributed by atoms with Crippen LogP contribution in [0.1, 0.15) is 42.2 Å². The predicted octanol–water partition coefficient (Wildman–Crippen LogP) is 2.03. The molecule has 0 aliphatic heterocycles. The largest absolute Gasteiger partial charge is 0.348 e. The second-order valence-corrected chi connectivity index (χ2v) is 5.72. The Balaban J connectivity index is 2.08. The lowest BCUT2D eigenvalue weighted by atomic mass is 10.1. The summed E-state index contributed by atoms with van der Waals surface area (Å²) in [5.74, 6) is 0.00583. The fourth-order valence-corrected chi connectivity index (χ4v) is 3.03. The van der Waals surface area contributed by atoms with Crippen LogP contribution in [0.4, 0.5) is 0 Å². The molecular formula is C12H18BrN3O. The van der Waals surface area contributed by atoms with Gasteiger partial charge in [-0.2, -0.15) is 5.10 Å². The number of halogens is 1. The van der Waals surface area contributed by atoms with Gasteiger partial charge in [-0.25, -0.2) is 0 Å². The Morgan fingerprint density at radius 2 is 2.41 bits per heavy atom. The third-order valence-corrected chi connectivity index (χ3v) is 4.33. The van der Waals surface area contributed by atoms with Gasteiger partial charge in [0.2, 0.25) is 0 Å². The van der Waals surface area contributed by atoms with E-state index < -0.39 is 0 Å². The zero-order chi connectivity index (χ0) is 12.4. The minimum absolute atomic E-state index is 0.00583. The summed E-state index contributed by atoms with van der Waals surface area (Å²) in [5.41, 5.74) is 1.58. The Hall–Kier alpha value is -0.840. The molecule has 0 bridgehead atoms. The Bertz CT molecular complexity index is 416. The first-order chi connectivity index (χ1) is 8.11. The van der Waals surface area contributed by atoms with Gasteiger partial charge in [0.15, 0.2) is 0 Å². The summed E-state index contributed by atoms with van der Waals surface area (Å²) in [5, 5.41) is 7.38. The Morgan fingerprint density at radius 1 is 1.65 bits per heavy atom. The number of alkyl halides is 1. The van der Waals surface area contributed by atoms with Gasteiger partial charge in [-0.1, -0.05) is 29.3 Å². The number of hydrogen-bond acceptors (Lipinski definition) is 2. The molecule has 4 nitrogen and oxygen atoms in total. The van der Waals surface area contributed by atoms with Crippen molar-refractivity contribution in [3.63, 3.8) is 0 Å². The maximum absolute atomic E-state index is 12.2. The van der Waals surface area contributed by atoms with Crippen molar-refractivity contribution in [2.45, 2.75) is 43.5 Å². The highest BCUT2D eigenvalue weighted by Gasteiger charge is 2.27. The van der Waals surface area contributed by atoms with Gasteiger partial charge in [-0.15, -0.1) is 0 Å². The summed E-state index contributed by atoms with van der Waals surface area (Å²) in [6.07, 6.45) is 5.95. The summed E-state index contributed by atoms with van der Waals surface area (Å²) in [7, 11) is 1.85. The monoisotopic (exact) mass is 299 g/mol. The van der Waals surface area contributed by atoms with Gasteiger partial charge in [-0.05, 0) is 19.3 Å². The molecular weight excluding hydrogens is 282 g/mol. The molecule has 0 spiro atoms. The molecule has 0 radical (unpaired) electrons. The zero-order valence-electron chi connectivity index (χ0n) is 10.2. The molecule has 2 unspecified atom stereocenters. The molecule has 17 heavy (non-hydrogen) atoms. The first-order valence-corrected chi connectivity index (χ1v) is 7.00. The molecule has 2 rings (SSSR count). The van der Waals surface area contributed by atoms with Crippen molar-refractivity contribution in [2.75, 3.05) is 0 Å². The van der Waals surface area contributed by atoms with Gasteiger partial charge in [0.1, 0.15) is 0 Å². The summed E-state index contributed by atoms with van der Waals surface area (Å²) in [6, 6.07) is 0.257. The van der Waals surface area contributed by atoms with Gasteiger partial charge in [0.05, 0.1) is 11.3 Å². The van der Waals surface area contributed by atoms with Crippen LogP contribution in [0.15, 0.2) is 6.20 Å². The molecule has 0 aromatic carbocycles. The van der Waals surface area contributed by atoms with Crippen LogP contribution >= 0.6 is 15.9 Å². The lowest BCUT2D eigenvalue weighted by molar-refractivity contribution is 0.0938. The van der Waals surface area contributed by atoms with Crippen LogP contribution in [0.25, 0.3) is 0 Å². The standard InChI is InChI=1S/C12H18BrN3O/c1-3-10-8(7-16(2)15-10)12(17)14-11-6-4-5-9(11)13/h7,9,11H,3-6H2,1-2H3,(H,14,17). The fraction of sp³-hybridized carbons (Fsp3) is 0.667. The molecule has 1 fully saturated rings. The van der Waals surface area contributed by atoms with Crippen LogP contribution in [0.5, 0.6) is 0 Å². The Labute approximate surface area is 110 Å². The molecule has 1 amide bonds. The van der Waals surface area contributed by atoms with E-state index >= 15 is 0 Å². The van der Waals surface area contributed by atoms with E-state index in [0.717, 1.165) is 25.0 Å². The van der Waals surface area contributed by atoms with Crippen molar-refractivity contribution in [1.82, 2.24) is 15.1 Å². The quantitative estimate of drug-likeness (QED) is 0.868. The van der Waals surface area contributed by atoms with Crippen LogP contribution in [0.2, 0.25) is 0 Å². The number of aromatic nitrogens is 2. The van der Waals surface area contributed by atoms with E-state index in [1.54, 1.807) is 10.9 Å². The first-order valence-electron chi connectivity index (χ1n) is 6.09. The smallest absolute Gasteiger partial charge is 0.255 e. The number of rotatable bonds is 3. The summed E-state index contributed by atoms with van der Waals surface area (Å²) < 4.78 is 1.70. The van der Waals surface area contributed by atoms with Crippen molar-refractivity contribution < 1.29 is 4.79 Å². The highest BCUT2D eigenvalue weighted by molar-refractivity contribution is 9.09. The molecule has 0 saturated heterocycles. The lowest BCUT2D eigenvalue weighted by Crippen LogP contribution is -2.37. The normalized spacial score (nSPS) is 23.9. The maximum Gasteiger partial charge on any atom is 0.255 e. The fourth-order valence-electron chi connectivity index (χ4n) is 2.31. The summed E-state index contributed by atoms with van der Waals surface area (Å²) in [4.78, 5) is 12.6. The van der Waals surface area contributed by atoms with Crippen molar-refractivity contribution in [1.29, 1.82) is 0 Å². The summed E-state index contributed by atoms with van der Waals surface area (Å²) in [6.45, 7) is 2.02. The van der Waals surface area contributed by atoms with Gasteiger partial charge in [0, 0.05) is 24.1 Å². The van der Waals surface area contributed by atoms with Gasteiger partial charge in [0.25, 0.3) is 5.91 Å². The van der Waals surface area contributed by atoms with E-state index in [1.807, 2.05) is 14.0 Å². The topological polar surface area (TPSA) is 46.9 Å². The maximum atomic E-state index is 12.2. The minimum atomic E-state index is 0.00583. The average molecular weight is 300 g/mol. The van der Waals surface area contributed by atoms with E-state index in [-0.39, 0.29) is 11.9 Å². The Kier molecular flexibility index (Phi) is 3.86. The Morgan fingerprint density at radius 3 is 3.00 bits per heavy atom. The van der Waals surface area contributed by atoms with E-state index in [2.05, 4.69) is 26.3 Å². The van der Waals surface area contributed by atoms with Gasteiger partial charge in [-0.3, -0.25) is 9.48 Å². The van der Waals surface area contributed by atoms with Crippen LogP contribution < -0.4 is 5.32 Å². The van der Waals surface area contributed by atoms with E-state index in [1.165, 1.54) is 6.42 Å². The third-order valence-electron chi connectivity index (χ3n) is 3.23. The minimum Gasteiger partial charge on any atom is -0.348 e. The predicted molar refractivity (Wildman–Crippen MR) is 70.4 cm³/mol. The molecule has 5 heteroatoms. The van der Waals surface area contributed by atoms with Gasteiger partial charge >= 0.3 is 0 Å². The molecule has 1 aromatic heterocycles. The number of aryl methyl sites for hydroxylation is 2. The molecule has 1 N–H and O–H groups in total. The number of nitrogens with one attached hydrogen (secondary N) is 1. The third kappa shape index (κ3) is 2.70. The second kappa shape index (κ2) is 5.21. The molecule has 94 valence electrons. The van der Waals surface area contributed by atoms with Crippen LogP contribution in [0, 0.1) is 0 Å². The SMILES string of the molecule is CCc1nn(C)cc1C(=O)NC1CCCC1Br. The molecule has 1 aliphatic rings. The van der Waals surface area contributed by atoms with Crippen molar-refractivity contribution >= 4 is 21.8 Å². The average Bonchev–Trinajstić information content (AvgIpc) is 2.85. The van der Waals surface area contributed by atoms with Crippen molar-refractivity contribution in [3.05, 3.63) is 17.5 Å². The molecule has 2 atom stereocenters. The van der Waals surface area contributed by atoms with Crippen molar-refractivity contribution in [2.24, 2.45) is 7.05 Å². The number of hydrogen-bond donors (Lipinski definition) is 1. The number of carbonyl (C=O) groups is 1. The molecule has 1 aliphatic carbocycles. The van der Waals surface area contributed by atoms with E-state index in [0.29, 0.717) is 10.4 Å². The molecule has 1 aromatic rings. The van der Waals surface area contributed by atoms with Crippen LogP contribution in [-0.4, -0.2) is 26.6 Å². The first kappa shape index (κ1) is 12.6.